The van der Waals surface area contributed by atoms with Crippen LogP contribution in [-0.4, -0.2) is 63.4 Å². The van der Waals surface area contributed by atoms with Crippen molar-refractivity contribution in [3.05, 3.63) is 0 Å². The van der Waals surface area contributed by atoms with Gasteiger partial charge in [-0.3, -0.25) is 0 Å². The second-order valence-corrected chi connectivity index (χ2v) is 3.27. The van der Waals surface area contributed by atoms with E-state index >= 15 is 0 Å². The third-order valence-electron chi connectivity index (χ3n) is 1.89. The van der Waals surface area contributed by atoms with Crippen LogP contribution in [0, 0.1) is 0 Å². The first-order chi connectivity index (χ1) is 8.18. The molecule has 17 heavy (non-hydrogen) atoms. The molecule has 0 aromatic heterocycles. The second-order valence-electron chi connectivity index (χ2n) is 3.27. The van der Waals surface area contributed by atoms with Gasteiger partial charge in [-0.25, -0.2) is 4.79 Å². The molecular formula is C11H22O6. The number of rotatable bonds is 12. The largest absolute Gasteiger partial charge is 0.479 e. The van der Waals surface area contributed by atoms with Crippen molar-refractivity contribution >= 4 is 5.97 Å². The molecule has 0 aromatic rings. The maximum Gasteiger partial charge on any atom is 0.332 e. The summed E-state index contributed by atoms with van der Waals surface area (Å²) in [4.78, 5) is 10.4. The van der Waals surface area contributed by atoms with Gasteiger partial charge in [0.15, 0.2) is 6.10 Å². The Hall–Kier alpha value is -0.690. The van der Waals surface area contributed by atoms with Crippen LogP contribution in [-0.2, 0) is 23.7 Å². The maximum absolute atomic E-state index is 10.4. The first kappa shape index (κ1) is 16.3. The molecule has 0 aliphatic carbocycles. The van der Waals surface area contributed by atoms with Gasteiger partial charge in [-0.1, -0.05) is 0 Å². The minimum absolute atomic E-state index is 0.270. The highest BCUT2D eigenvalue weighted by atomic mass is 16.6. The Morgan fingerprint density at radius 3 is 1.94 bits per heavy atom. The molecule has 0 saturated heterocycles. The molecule has 0 heterocycles. The molecule has 0 fully saturated rings. The van der Waals surface area contributed by atoms with Crippen molar-refractivity contribution in [1.29, 1.82) is 0 Å². The molecule has 102 valence electrons. The zero-order chi connectivity index (χ0) is 12.9. The summed E-state index contributed by atoms with van der Waals surface area (Å²) in [7, 11) is 0. The molecule has 1 unspecified atom stereocenters. The number of aliphatic carboxylic acids is 1. The Labute approximate surface area is 102 Å². The van der Waals surface area contributed by atoms with Crippen LogP contribution in [0.5, 0.6) is 0 Å². The molecule has 0 radical (unpaired) electrons. The third-order valence-corrected chi connectivity index (χ3v) is 1.89. The van der Waals surface area contributed by atoms with Gasteiger partial charge in [0.05, 0.1) is 39.6 Å². The summed E-state index contributed by atoms with van der Waals surface area (Å²) in [6, 6.07) is 0. The predicted molar refractivity (Wildman–Crippen MR) is 61.2 cm³/mol. The van der Waals surface area contributed by atoms with Crippen LogP contribution >= 0.6 is 0 Å². The first-order valence-electron chi connectivity index (χ1n) is 5.76. The number of hydrogen-bond acceptors (Lipinski definition) is 5. The van der Waals surface area contributed by atoms with E-state index < -0.39 is 12.1 Å². The molecule has 0 saturated carbocycles. The van der Waals surface area contributed by atoms with Gasteiger partial charge in [0.2, 0.25) is 0 Å². The summed E-state index contributed by atoms with van der Waals surface area (Å²) < 4.78 is 20.5. The highest BCUT2D eigenvalue weighted by Crippen LogP contribution is 1.90. The Bertz CT molecular complexity index is 185. The molecule has 0 rings (SSSR count). The topological polar surface area (TPSA) is 74.2 Å². The van der Waals surface area contributed by atoms with Gasteiger partial charge in [-0.05, 0) is 13.8 Å². The summed E-state index contributed by atoms with van der Waals surface area (Å²) in [5, 5.41) is 8.53. The fraction of sp³-hybridized carbons (Fsp3) is 0.909. The van der Waals surface area contributed by atoms with Crippen LogP contribution in [0.2, 0.25) is 0 Å². The number of carboxylic acids is 1. The van der Waals surface area contributed by atoms with E-state index in [1.165, 1.54) is 6.92 Å². The van der Waals surface area contributed by atoms with Gasteiger partial charge >= 0.3 is 5.97 Å². The standard InChI is InChI=1S/C11H22O6/c1-3-14-4-5-15-6-7-16-8-9-17-10(2)11(12)13/h10H,3-9H2,1-2H3,(H,12,13). The Morgan fingerprint density at radius 2 is 1.47 bits per heavy atom. The average Bonchev–Trinajstić information content (AvgIpc) is 2.31. The van der Waals surface area contributed by atoms with Crippen LogP contribution in [0.25, 0.3) is 0 Å². The summed E-state index contributed by atoms with van der Waals surface area (Å²) in [5.74, 6) is -0.968. The van der Waals surface area contributed by atoms with Crippen molar-refractivity contribution in [3.63, 3.8) is 0 Å². The summed E-state index contributed by atoms with van der Waals surface area (Å²) in [6.07, 6.45) is -0.791. The van der Waals surface area contributed by atoms with E-state index in [9.17, 15) is 4.79 Å². The van der Waals surface area contributed by atoms with Gasteiger partial charge in [-0.15, -0.1) is 0 Å². The van der Waals surface area contributed by atoms with E-state index in [1.807, 2.05) is 6.92 Å². The monoisotopic (exact) mass is 250 g/mol. The molecule has 1 atom stereocenters. The van der Waals surface area contributed by atoms with Crippen molar-refractivity contribution in [2.45, 2.75) is 20.0 Å². The lowest BCUT2D eigenvalue weighted by atomic mass is 10.4. The van der Waals surface area contributed by atoms with Gasteiger partial charge in [0.1, 0.15) is 0 Å². The van der Waals surface area contributed by atoms with Gasteiger partial charge in [-0.2, -0.15) is 0 Å². The zero-order valence-corrected chi connectivity index (χ0v) is 10.5. The first-order valence-corrected chi connectivity index (χ1v) is 5.76. The van der Waals surface area contributed by atoms with Crippen molar-refractivity contribution in [2.75, 3.05) is 46.2 Å². The average molecular weight is 250 g/mol. The normalized spacial score (nSPS) is 12.6. The van der Waals surface area contributed by atoms with E-state index in [0.29, 0.717) is 39.6 Å². The molecular weight excluding hydrogens is 228 g/mol. The molecule has 0 aliphatic heterocycles. The van der Waals surface area contributed by atoms with E-state index in [2.05, 4.69) is 0 Å². The molecule has 1 N–H and O–H groups in total. The highest BCUT2D eigenvalue weighted by Gasteiger charge is 2.09. The van der Waals surface area contributed by atoms with Crippen LogP contribution in [0.3, 0.4) is 0 Å². The number of carbonyl (C=O) groups is 1. The summed E-state index contributed by atoms with van der Waals surface area (Å²) in [6.45, 7) is 6.87. The second kappa shape index (κ2) is 11.8. The summed E-state index contributed by atoms with van der Waals surface area (Å²) in [5.41, 5.74) is 0. The Morgan fingerprint density at radius 1 is 1.00 bits per heavy atom. The lowest BCUT2D eigenvalue weighted by molar-refractivity contribution is -0.150. The van der Waals surface area contributed by atoms with Gasteiger partial charge in [0.25, 0.3) is 0 Å². The number of hydrogen-bond donors (Lipinski definition) is 1. The number of carboxylic acid groups (broad SMARTS) is 1. The smallest absolute Gasteiger partial charge is 0.332 e. The summed E-state index contributed by atoms with van der Waals surface area (Å²) >= 11 is 0. The van der Waals surface area contributed by atoms with E-state index in [-0.39, 0.29) is 6.61 Å². The third kappa shape index (κ3) is 11.6. The fourth-order valence-electron chi connectivity index (χ4n) is 0.939. The highest BCUT2D eigenvalue weighted by molar-refractivity contribution is 5.71. The molecule has 6 heteroatoms. The van der Waals surface area contributed by atoms with Crippen LogP contribution in [0.1, 0.15) is 13.8 Å². The zero-order valence-electron chi connectivity index (χ0n) is 10.5. The van der Waals surface area contributed by atoms with E-state index in [0.717, 1.165) is 0 Å². The minimum Gasteiger partial charge on any atom is -0.479 e. The van der Waals surface area contributed by atoms with Crippen molar-refractivity contribution in [2.24, 2.45) is 0 Å². The van der Waals surface area contributed by atoms with Crippen molar-refractivity contribution in [3.8, 4) is 0 Å². The Kier molecular flexibility index (Phi) is 11.3. The van der Waals surface area contributed by atoms with Crippen LogP contribution in [0.15, 0.2) is 0 Å². The van der Waals surface area contributed by atoms with Gasteiger partial charge in [0, 0.05) is 6.61 Å². The molecule has 0 aromatic carbocycles. The van der Waals surface area contributed by atoms with Gasteiger partial charge < -0.3 is 24.1 Å². The van der Waals surface area contributed by atoms with Crippen LogP contribution in [0.4, 0.5) is 0 Å². The molecule has 6 nitrogen and oxygen atoms in total. The lowest BCUT2D eigenvalue weighted by Gasteiger charge is -2.09. The quantitative estimate of drug-likeness (QED) is 0.510. The predicted octanol–water partition coefficient (Wildman–Crippen LogP) is 0.546. The van der Waals surface area contributed by atoms with Crippen LogP contribution < -0.4 is 0 Å². The molecule has 0 spiro atoms. The fourth-order valence-corrected chi connectivity index (χ4v) is 0.939. The van der Waals surface area contributed by atoms with E-state index in [4.69, 9.17) is 24.1 Å². The van der Waals surface area contributed by atoms with Crippen molar-refractivity contribution in [1.82, 2.24) is 0 Å². The number of ether oxygens (including phenoxy) is 4. The molecule has 0 bridgehead atoms. The maximum atomic E-state index is 10.4. The lowest BCUT2D eigenvalue weighted by Crippen LogP contribution is -2.22. The minimum atomic E-state index is -0.968. The SMILES string of the molecule is CCOCCOCCOCCOC(C)C(=O)O. The van der Waals surface area contributed by atoms with Crippen molar-refractivity contribution < 1.29 is 28.8 Å². The Balaban J connectivity index is 3.06. The van der Waals surface area contributed by atoms with E-state index in [1.54, 1.807) is 0 Å². The molecule has 0 amide bonds. The molecule has 0 aliphatic rings.